The quantitative estimate of drug-likeness (QED) is 0.880. The second-order valence-corrected chi connectivity index (χ2v) is 6.10. The monoisotopic (exact) mass is 241 g/mol. The van der Waals surface area contributed by atoms with E-state index in [1.165, 1.54) is 5.69 Å². The Balaban J connectivity index is 1.71. The van der Waals surface area contributed by atoms with E-state index in [0.29, 0.717) is 5.25 Å². The molecular formula is C10H15N3S2. The molecule has 0 saturated carbocycles. The molecule has 15 heavy (non-hydrogen) atoms. The molecule has 2 heterocycles. The van der Waals surface area contributed by atoms with Crippen molar-refractivity contribution in [3.63, 3.8) is 0 Å². The summed E-state index contributed by atoms with van der Waals surface area (Å²) in [7, 11) is 0. The summed E-state index contributed by atoms with van der Waals surface area (Å²) in [5.74, 6) is 0. The number of amidine groups is 1. The molecule has 1 aliphatic heterocycles. The summed E-state index contributed by atoms with van der Waals surface area (Å²) >= 11 is 3.54. The number of rotatable bonds is 3. The van der Waals surface area contributed by atoms with Crippen LogP contribution in [-0.4, -0.2) is 28.5 Å². The molecule has 1 aromatic rings. The van der Waals surface area contributed by atoms with Crippen LogP contribution in [0.5, 0.6) is 0 Å². The highest BCUT2D eigenvalue weighted by Crippen LogP contribution is 2.18. The van der Waals surface area contributed by atoms with E-state index in [1.54, 1.807) is 11.3 Å². The average Bonchev–Trinajstić information content (AvgIpc) is 2.76. The molecule has 0 bridgehead atoms. The number of hydrogen-bond donors (Lipinski definition) is 1. The van der Waals surface area contributed by atoms with E-state index in [9.17, 15) is 0 Å². The molecule has 0 amide bonds. The largest absolute Gasteiger partial charge is 0.365 e. The summed E-state index contributed by atoms with van der Waals surface area (Å²) in [6, 6.07) is 0. The van der Waals surface area contributed by atoms with Crippen LogP contribution in [0, 0.1) is 6.92 Å². The van der Waals surface area contributed by atoms with Gasteiger partial charge in [-0.1, -0.05) is 18.7 Å². The van der Waals surface area contributed by atoms with Gasteiger partial charge in [0.1, 0.15) is 0 Å². The fourth-order valence-corrected chi connectivity index (χ4v) is 2.91. The molecular weight excluding hydrogens is 226 g/mol. The third-order valence-electron chi connectivity index (χ3n) is 2.13. The first-order valence-electron chi connectivity index (χ1n) is 5.10. The van der Waals surface area contributed by atoms with E-state index in [2.05, 4.69) is 27.6 Å². The fraction of sp³-hybridized carbons (Fsp3) is 0.600. The molecule has 0 spiro atoms. The highest BCUT2D eigenvalue weighted by atomic mass is 32.2. The van der Waals surface area contributed by atoms with Crippen molar-refractivity contribution in [1.82, 2.24) is 10.3 Å². The van der Waals surface area contributed by atoms with E-state index in [4.69, 9.17) is 0 Å². The zero-order valence-electron chi connectivity index (χ0n) is 8.99. The Morgan fingerprint density at radius 1 is 1.60 bits per heavy atom. The Bertz CT molecular complexity index is 359. The number of nitrogens with zero attached hydrogens (tertiary/aromatic N) is 2. The van der Waals surface area contributed by atoms with Gasteiger partial charge in [-0.2, -0.15) is 0 Å². The molecule has 3 nitrogen and oxygen atoms in total. The zero-order valence-corrected chi connectivity index (χ0v) is 10.6. The Labute approximate surface area is 98.4 Å². The van der Waals surface area contributed by atoms with Gasteiger partial charge in [0.2, 0.25) is 0 Å². The molecule has 0 aliphatic carbocycles. The van der Waals surface area contributed by atoms with E-state index in [0.717, 1.165) is 29.7 Å². The highest BCUT2D eigenvalue weighted by Gasteiger charge is 2.13. The Morgan fingerprint density at radius 2 is 2.47 bits per heavy atom. The van der Waals surface area contributed by atoms with Gasteiger partial charge in [-0.15, -0.1) is 11.3 Å². The first-order valence-corrected chi connectivity index (χ1v) is 6.86. The normalized spacial score (nSPS) is 20.4. The fourth-order valence-electron chi connectivity index (χ4n) is 1.39. The molecule has 1 atom stereocenters. The van der Waals surface area contributed by atoms with Gasteiger partial charge < -0.3 is 5.32 Å². The molecule has 82 valence electrons. The van der Waals surface area contributed by atoms with Gasteiger partial charge in [0.15, 0.2) is 5.17 Å². The number of aromatic nitrogens is 1. The second kappa shape index (κ2) is 4.99. The Morgan fingerprint density at radius 3 is 3.07 bits per heavy atom. The van der Waals surface area contributed by atoms with E-state index in [1.807, 2.05) is 18.7 Å². The topological polar surface area (TPSA) is 37.3 Å². The van der Waals surface area contributed by atoms with Crippen molar-refractivity contribution in [3.8, 4) is 0 Å². The van der Waals surface area contributed by atoms with Crippen molar-refractivity contribution in [2.24, 2.45) is 4.99 Å². The van der Waals surface area contributed by atoms with Crippen LogP contribution in [0.4, 0.5) is 0 Å². The molecule has 5 heteroatoms. The van der Waals surface area contributed by atoms with Crippen molar-refractivity contribution in [2.45, 2.75) is 25.5 Å². The van der Waals surface area contributed by atoms with Gasteiger partial charge in [-0.25, -0.2) is 4.98 Å². The van der Waals surface area contributed by atoms with Crippen molar-refractivity contribution in [1.29, 1.82) is 0 Å². The van der Waals surface area contributed by atoms with Crippen molar-refractivity contribution in [3.05, 3.63) is 16.1 Å². The van der Waals surface area contributed by atoms with Gasteiger partial charge in [-0.05, 0) is 6.92 Å². The maximum Gasteiger partial charge on any atom is 0.156 e. The molecule has 1 aromatic heterocycles. The summed E-state index contributed by atoms with van der Waals surface area (Å²) in [6.07, 6.45) is 0.984. The summed E-state index contributed by atoms with van der Waals surface area (Å²) in [6.45, 7) is 6.12. The lowest BCUT2D eigenvalue weighted by molar-refractivity contribution is 0.849. The number of aliphatic imine (C=N–C) groups is 1. The number of thiazole rings is 1. The molecule has 1 N–H and O–H groups in total. The van der Waals surface area contributed by atoms with Gasteiger partial charge in [0.05, 0.1) is 17.2 Å². The maximum atomic E-state index is 4.42. The van der Waals surface area contributed by atoms with Crippen molar-refractivity contribution < 1.29 is 0 Å². The summed E-state index contributed by atoms with van der Waals surface area (Å²) in [5.41, 5.74) is 1.18. The van der Waals surface area contributed by atoms with E-state index < -0.39 is 0 Å². The van der Waals surface area contributed by atoms with E-state index in [-0.39, 0.29) is 0 Å². The van der Waals surface area contributed by atoms with Crippen LogP contribution >= 0.6 is 23.1 Å². The maximum absolute atomic E-state index is 4.42. The predicted octanol–water partition coefficient (Wildman–Crippen LogP) is 2.07. The minimum absolute atomic E-state index is 0.633. The highest BCUT2D eigenvalue weighted by molar-refractivity contribution is 8.14. The predicted molar refractivity (Wildman–Crippen MR) is 67.9 cm³/mol. The molecule has 0 radical (unpaired) electrons. The molecule has 1 unspecified atom stereocenters. The van der Waals surface area contributed by atoms with Crippen LogP contribution in [-0.2, 0) is 6.42 Å². The van der Waals surface area contributed by atoms with Gasteiger partial charge in [0.25, 0.3) is 0 Å². The van der Waals surface area contributed by atoms with Crippen molar-refractivity contribution in [2.75, 3.05) is 13.1 Å². The Kier molecular flexibility index (Phi) is 3.64. The third kappa shape index (κ3) is 3.21. The molecule has 0 saturated heterocycles. The van der Waals surface area contributed by atoms with Crippen LogP contribution in [0.1, 0.15) is 17.6 Å². The molecule has 0 fully saturated rings. The van der Waals surface area contributed by atoms with Crippen LogP contribution in [0.2, 0.25) is 0 Å². The molecule has 1 aliphatic rings. The van der Waals surface area contributed by atoms with E-state index >= 15 is 0 Å². The van der Waals surface area contributed by atoms with Gasteiger partial charge >= 0.3 is 0 Å². The number of thioether (sulfide) groups is 1. The third-order valence-corrected chi connectivity index (χ3v) is 4.00. The minimum Gasteiger partial charge on any atom is -0.365 e. The first kappa shape index (κ1) is 11.0. The zero-order chi connectivity index (χ0) is 10.7. The van der Waals surface area contributed by atoms with Gasteiger partial charge in [-0.3, -0.25) is 4.99 Å². The smallest absolute Gasteiger partial charge is 0.156 e. The lowest BCUT2D eigenvalue weighted by Crippen LogP contribution is -2.22. The average molecular weight is 241 g/mol. The standard InChI is InChI=1S/C10H15N3S2/c1-7-5-12-10(15-7)11-4-3-9-6-14-8(2)13-9/h6-7H,3-5H2,1-2H3,(H,11,12). The first-order chi connectivity index (χ1) is 7.24. The van der Waals surface area contributed by atoms with Crippen LogP contribution < -0.4 is 5.32 Å². The summed E-state index contributed by atoms with van der Waals surface area (Å²) < 4.78 is 0. The number of hydrogen-bond acceptors (Lipinski definition) is 5. The molecule has 0 aromatic carbocycles. The second-order valence-electron chi connectivity index (χ2n) is 3.61. The molecule has 2 rings (SSSR count). The SMILES string of the molecule is Cc1nc(CCNC2=NCC(C)S2)cs1. The lowest BCUT2D eigenvalue weighted by atomic mass is 10.3. The van der Waals surface area contributed by atoms with Crippen molar-refractivity contribution >= 4 is 28.3 Å². The lowest BCUT2D eigenvalue weighted by Gasteiger charge is -2.04. The summed E-state index contributed by atoms with van der Waals surface area (Å²) in [4.78, 5) is 8.83. The van der Waals surface area contributed by atoms with Crippen LogP contribution in [0.25, 0.3) is 0 Å². The number of aryl methyl sites for hydroxylation is 1. The number of nitrogens with one attached hydrogen (secondary N) is 1. The Hall–Kier alpha value is -0.550. The van der Waals surface area contributed by atoms with Crippen LogP contribution in [0.15, 0.2) is 10.4 Å². The van der Waals surface area contributed by atoms with Gasteiger partial charge in [0, 0.05) is 23.6 Å². The summed E-state index contributed by atoms with van der Waals surface area (Å²) in [5, 5.41) is 8.35. The minimum atomic E-state index is 0.633. The van der Waals surface area contributed by atoms with Crippen LogP contribution in [0.3, 0.4) is 0 Å².